The standard InChI is InChI=1S/C14H17Cl2NO3/c1-8(13(19)20-14(2,3)4)17-12(18)10-6-5-9(15)7-11(10)16/h5-8H,1-4H3,(H,17,18)/t8-/m1/s1. The lowest BCUT2D eigenvalue weighted by atomic mass is 10.2. The molecule has 0 spiro atoms. The van der Waals surface area contributed by atoms with Crippen LogP contribution in [0.15, 0.2) is 18.2 Å². The van der Waals surface area contributed by atoms with Gasteiger partial charge < -0.3 is 10.1 Å². The van der Waals surface area contributed by atoms with Crippen molar-refractivity contribution in [2.45, 2.75) is 39.3 Å². The molecule has 6 heteroatoms. The number of hydrogen-bond donors (Lipinski definition) is 1. The Morgan fingerprint density at radius 1 is 1.25 bits per heavy atom. The lowest BCUT2D eigenvalue weighted by Crippen LogP contribution is -2.42. The summed E-state index contributed by atoms with van der Waals surface area (Å²) in [5.74, 6) is -0.957. The van der Waals surface area contributed by atoms with Crippen molar-refractivity contribution in [3.63, 3.8) is 0 Å². The molecule has 0 fully saturated rings. The van der Waals surface area contributed by atoms with Gasteiger partial charge in [-0.15, -0.1) is 0 Å². The molecule has 0 radical (unpaired) electrons. The zero-order valence-electron chi connectivity index (χ0n) is 11.8. The Labute approximate surface area is 128 Å². The molecule has 0 saturated heterocycles. The fraction of sp³-hybridized carbons (Fsp3) is 0.429. The summed E-state index contributed by atoms with van der Waals surface area (Å²) in [7, 11) is 0. The van der Waals surface area contributed by atoms with Gasteiger partial charge in [0.15, 0.2) is 0 Å². The maximum absolute atomic E-state index is 12.0. The van der Waals surface area contributed by atoms with E-state index in [2.05, 4.69) is 5.32 Å². The van der Waals surface area contributed by atoms with E-state index in [1.54, 1.807) is 33.8 Å². The molecule has 1 atom stereocenters. The zero-order valence-corrected chi connectivity index (χ0v) is 13.3. The molecule has 0 aliphatic rings. The van der Waals surface area contributed by atoms with Crippen LogP contribution in [0, 0.1) is 0 Å². The number of amides is 1. The Morgan fingerprint density at radius 3 is 2.35 bits per heavy atom. The number of carbonyl (C=O) groups excluding carboxylic acids is 2. The van der Waals surface area contributed by atoms with Gasteiger partial charge in [0.2, 0.25) is 0 Å². The average molecular weight is 318 g/mol. The predicted octanol–water partition coefficient (Wildman–Crippen LogP) is 3.45. The summed E-state index contributed by atoms with van der Waals surface area (Å²) in [5.41, 5.74) is -0.347. The van der Waals surface area contributed by atoms with Crippen molar-refractivity contribution >= 4 is 35.1 Å². The van der Waals surface area contributed by atoms with E-state index < -0.39 is 23.5 Å². The number of rotatable bonds is 3. The first-order chi connectivity index (χ1) is 9.10. The van der Waals surface area contributed by atoms with E-state index in [1.807, 2.05) is 0 Å². The van der Waals surface area contributed by atoms with Crippen molar-refractivity contribution in [2.24, 2.45) is 0 Å². The maximum atomic E-state index is 12.0. The van der Waals surface area contributed by atoms with Gasteiger partial charge in [-0.1, -0.05) is 23.2 Å². The Kier molecular flexibility index (Phi) is 5.42. The van der Waals surface area contributed by atoms with E-state index in [9.17, 15) is 9.59 Å². The number of halogens is 2. The molecular weight excluding hydrogens is 301 g/mol. The highest BCUT2D eigenvalue weighted by Gasteiger charge is 2.24. The van der Waals surface area contributed by atoms with Crippen molar-refractivity contribution < 1.29 is 14.3 Å². The average Bonchev–Trinajstić information content (AvgIpc) is 2.26. The molecular formula is C14H17Cl2NO3. The molecule has 20 heavy (non-hydrogen) atoms. The van der Waals surface area contributed by atoms with E-state index in [4.69, 9.17) is 27.9 Å². The van der Waals surface area contributed by atoms with E-state index in [0.717, 1.165) is 0 Å². The van der Waals surface area contributed by atoms with Crippen LogP contribution in [0.4, 0.5) is 0 Å². The highest BCUT2D eigenvalue weighted by molar-refractivity contribution is 6.36. The Balaban J connectivity index is 2.73. The van der Waals surface area contributed by atoms with Gasteiger partial charge in [-0.05, 0) is 45.9 Å². The van der Waals surface area contributed by atoms with Crippen LogP contribution in [0.3, 0.4) is 0 Å². The molecule has 1 amide bonds. The summed E-state index contributed by atoms with van der Waals surface area (Å²) in [4.78, 5) is 23.8. The van der Waals surface area contributed by atoms with Crippen molar-refractivity contribution in [1.82, 2.24) is 5.32 Å². The maximum Gasteiger partial charge on any atom is 0.328 e. The van der Waals surface area contributed by atoms with Gasteiger partial charge in [-0.3, -0.25) is 4.79 Å². The van der Waals surface area contributed by atoms with Crippen LogP contribution in [0.1, 0.15) is 38.1 Å². The predicted molar refractivity (Wildman–Crippen MR) is 79.2 cm³/mol. The van der Waals surface area contributed by atoms with E-state index in [-0.39, 0.29) is 10.6 Å². The number of esters is 1. The number of ether oxygens (including phenoxy) is 1. The minimum Gasteiger partial charge on any atom is -0.458 e. The van der Waals surface area contributed by atoms with Gasteiger partial charge in [0, 0.05) is 5.02 Å². The van der Waals surface area contributed by atoms with Crippen LogP contribution in [-0.2, 0) is 9.53 Å². The Morgan fingerprint density at radius 2 is 1.85 bits per heavy atom. The third-order valence-electron chi connectivity index (χ3n) is 2.28. The molecule has 0 unspecified atom stereocenters. The summed E-state index contributed by atoms with van der Waals surface area (Å²) in [6, 6.07) is 3.76. The normalized spacial score (nSPS) is 12.7. The molecule has 0 bridgehead atoms. The monoisotopic (exact) mass is 317 g/mol. The highest BCUT2D eigenvalue weighted by atomic mass is 35.5. The van der Waals surface area contributed by atoms with Crippen LogP contribution in [0.5, 0.6) is 0 Å². The largest absolute Gasteiger partial charge is 0.458 e. The van der Waals surface area contributed by atoms with Gasteiger partial charge in [-0.2, -0.15) is 0 Å². The number of carbonyl (C=O) groups is 2. The van der Waals surface area contributed by atoms with Gasteiger partial charge in [0.25, 0.3) is 5.91 Å². The number of nitrogens with one attached hydrogen (secondary N) is 1. The summed E-state index contributed by atoms with van der Waals surface area (Å²) in [5, 5.41) is 3.20. The summed E-state index contributed by atoms with van der Waals surface area (Å²) in [6.45, 7) is 6.83. The first-order valence-electron chi connectivity index (χ1n) is 6.09. The second-order valence-corrected chi connectivity index (χ2v) is 6.20. The molecule has 0 aromatic heterocycles. The van der Waals surface area contributed by atoms with Crippen LogP contribution in [0.25, 0.3) is 0 Å². The van der Waals surface area contributed by atoms with Gasteiger partial charge >= 0.3 is 5.97 Å². The molecule has 4 nitrogen and oxygen atoms in total. The van der Waals surface area contributed by atoms with Crippen molar-refractivity contribution in [3.05, 3.63) is 33.8 Å². The highest BCUT2D eigenvalue weighted by Crippen LogP contribution is 2.21. The Hall–Kier alpha value is -1.26. The first kappa shape index (κ1) is 16.8. The summed E-state index contributed by atoms with van der Waals surface area (Å²) < 4.78 is 5.18. The molecule has 1 aromatic carbocycles. The van der Waals surface area contributed by atoms with Crippen LogP contribution in [0.2, 0.25) is 10.0 Å². The van der Waals surface area contributed by atoms with Crippen LogP contribution in [-0.4, -0.2) is 23.5 Å². The third-order valence-corrected chi connectivity index (χ3v) is 2.83. The zero-order chi connectivity index (χ0) is 15.5. The van der Waals surface area contributed by atoms with Crippen molar-refractivity contribution in [1.29, 1.82) is 0 Å². The quantitative estimate of drug-likeness (QED) is 0.869. The number of hydrogen-bond acceptors (Lipinski definition) is 3. The van der Waals surface area contributed by atoms with Crippen LogP contribution < -0.4 is 5.32 Å². The topological polar surface area (TPSA) is 55.4 Å². The van der Waals surface area contributed by atoms with Crippen molar-refractivity contribution in [3.8, 4) is 0 Å². The molecule has 110 valence electrons. The lowest BCUT2D eigenvalue weighted by molar-refractivity contribution is -0.156. The molecule has 1 N–H and O–H groups in total. The minimum absolute atomic E-state index is 0.228. The molecule has 1 rings (SSSR count). The minimum atomic E-state index is -0.770. The van der Waals surface area contributed by atoms with Gasteiger partial charge in [0.05, 0.1) is 10.6 Å². The van der Waals surface area contributed by atoms with Gasteiger partial charge in [-0.25, -0.2) is 4.79 Å². The van der Waals surface area contributed by atoms with E-state index in [1.165, 1.54) is 12.1 Å². The molecule has 0 aliphatic heterocycles. The van der Waals surface area contributed by atoms with Crippen LogP contribution >= 0.6 is 23.2 Å². The van der Waals surface area contributed by atoms with Crippen molar-refractivity contribution in [2.75, 3.05) is 0 Å². The Bertz CT molecular complexity index is 524. The third kappa shape index (κ3) is 5.02. The van der Waals surface area contributed by atoms with E-state index in [0.29, 0.717) is 5.02 Å². The van der Waals surface area contributed by atoms with E-state index >= 15 is 0 Å². The smallest absolute Gasteiger partial charge is 0.328 e. The molecule has 0 saturated carbocycles. The molecule has 1 aromatic rings. The van der Waals surface area contributed by atoms with Gasteiger partial charge in [0.1, 0.15) is 11.6 Å². The molecule has 0 aliphatic carbocycles. The number of benzene rings is 1. The second kappa shape index (κ2) is 6.46. The first-order valence-corrected chi connectivity index (χ1v) is 6.84. The second-order valence-electron chi connectivity index (χ2n) is 5.35. The SMILES string of the molecule is C[C@@H](NC(=O)c1ccc(Cl)cc1Cl)C(=O)OC(C)(C)C. The fourth-order valence-electron chi connectivity index (χ4n) is 1.40. The summed E-state index contributed by atoms with van der Waals surface area (Å²) in [6.07, 6.45) is 0. The molecule has 0 heterocycles. The fourth-order valence-corrected chi connectivity index (χ4v) is 1.89. The summed E-state index contributed by atoms with van der Waals surface area (Å²) >= 11 is 11.7. The lowest BCUT2D eigenvalue weighted by Gasteiger charge is -2.22.